The first kappa shape index (κ1) is 27.4. The number of hydrogen-bond donors (Lipinski definition) is 2. The summed E-state index contributed by atoms with van der Waals surface area (Å²) in [6.07, 6.45) is 5.57. The van der Waals surface area contributed by atoms with Crippen LogP contribution in [0, 0.1) is 12.1 Å². The first-order valence-corrected chi connectivity index (χ1v) is 13.5. The molecule has 1 unspecified atom stereocenters. The van der Waals surface area contributed by atoms with Gasteiger partial charge in [0, 0.05) is 36.6 Å². The molecule has 4 rings (SSSR count). The number of rotatable bonds is 9. The highest BCUT2D eigenvalue weighted by Gasteiger charge is 2.22. The van der Waals surface area contributed by atoms with E-state index in [0.717, 1.165) is 40.9 Å². The van der Waals surface area contributed by atoms with Crippen LogP contribution in [0.1, 0.15) is 68.9 Å². The first-order valence-electron chi connectivity index (χ1n) is 12.7. The molecule has 1 aliphatic rings. The number of benzene rings is 2. The minimum atomic E-state index is -0.411. The molecule has 1 fully saturated rings. The number of aliphatic imine (C=N–C) groups is 1. The van der Waals surface area contributed by atoms with Crippen LogP contribution in [0.5, 0.6) is 0 Å². The Labute approximate surface area is 226 Å². The van der Waals surface area contributed by atoms with Gasteiger partial charge in [-0.2, -0.15) is 4.39 Å². The fourth-order valence-electron chi connectivity index (χ4n) is 4.46. The van der Waals surface area contributed by atoms with Crippen molar-refractivity contribution in [3.8, 4) is 11.1 Å². The molecule has 1 saturated heterocycles. The Hall–Kier alpha value is -3.62. The highest BCUT2D eigenvalue weighted by Crippen LogP contribution is 2.32. The second-order valence-corrected chi connectivity index (χ2v) is 10.3. The van der Waals surface area contributed by atoms with E-state index in [-0.39, 0.29) is 23.9 Å². The lowest BCUT2D eigenvalue weighted by molar-refractivity contribution is 0.0698. The zero-order valence-electron chi connectivity index (χ0n) is 21.6. The fourth-order valence-corrected chi connectivity index (χ4v) is 5.26. The zero-order valence-corrected chi connectivity index (χ0v) is 22.4. The second-order valence-electron chi connectivity index (χ2n) is 9.29. The van der Waals surface area contributed by atoms with Gasteiger partial charge in [0.05, 0.1) is 10.9 Å². The summed E-state index contributed by atoms with van der Waals surface area (Å²) in [5.41, 5.74) is 4.36. The molecule has 2 amide bonds. The molecular weight excluding hydrogens is 501 g/mol. The van der Waals surface area contributed by atoms with Gasteiger partial charge in [-0.3, -0.25) is 14.6 Å². The minimum Gasteiger partial charge on any atom is -0.381 e. The third-order valence-electron chi connectivity index (χ3n) is 6.68. The Kier molecular flexibility index (Phi) is 9.20. The first-order chi connectivity index (χ1) is 18.4. The van der Waals surface area contributed by atoms with Crippen molar-refractivity contribution >= 4 is 35.9 Å². The van der Waals surface area contributed by atoms with E-state index < -0.39 is 5.13 Å². The molecule has 2 heterocycles. The molecular formula is C30H32FN3O3S. The van der Waals surface area contributed by atoms with E-state index in [9.17, 15) is 14.0 Å². The molecule has 0 bridgehead atoms. The molecule has 0 spiro atoms. The zero-order chi connectivity index (χ0) is 27.1. The Balaban J connectivity index is 1.51. The standard InChI is InChI=1S/C30H32FN3O3S/c1-4-26(34-29(35)23-9-8-19(2)20(16-23)10-13-32-3)22-7-5-6-21(17-22)25-18-27(38-28(25)31)30(36)33-24-11-14-37-15-12-24/h5-10,13,16-18,24,26H,3-4,11-12,14-15H2,1-2H3,(H,33,36)(H,34,35)/b13-10-. The molecule has 0 aliphatic carbocycles. The van der Waals surface area contributed by atoms with Crippen molar-refractivity contribution in [2.24, 2.45) is 4.99 Å². The maximum atomic E-state index is 15.0. The molecule has 0 saturated carbocycles. The third-order valence-corrected chi connectivity index (χ3v) is 7.60. The highest BCUT2D eigenvalue weighted by atomic mass is 32.1. The Morgan fingerprint density at radius 2 is 1.97 bits per heavy atom. The summed E-state index contributed by atoms with van der Waals surface area (Å²) in [6.45, 7) is 8.64. The lowest BCUT2D eigenvalue weighted by Crippen LogP contribution is -2.38. The lowest BCUT2D eigenvalue weighted by atomic mass is 9.98. The average molecular weight is 534 g/mol. The van der Waals surface area contributed by atoms with Gasteiger partial charge >= 0.3 is 0 Å². The number of amides is 2. The van der Waals surface area contributed by atoms with Crippen LogP contribution in [-0.2, 0) is 4.74 Å². The summed E-state index contributed by atoms with van der Waals surface area (Å²) in [4.78, 5) is 29.9. The van der Waals surface area contributed by atoms with Crippen molar-refractivity contribution in [2.75, 3.05) is 13.2 Å². The van der Waals surface area contributed by atoms with Crippen LogP contribution in [0.3, 0.4) is 0 Å². The quantitative estimate of drug-likeness (QED) is 0.316. The van der Waals surface area contributed by atoms with Crippen molar-refractivity contribution in [3.05, 3.63) is 87.0 Å². The smallest absolute Gasteiger partial charge is 0.261 e. The molecule has 1 aromatic heterocycles. The van der Waals surface area contributed by atoms with Gasteiger partial charge in [0.25, 0.3) is 11.8 Å². The summed E-state index contributed by atoms with van der Waals surface area (Å²) in [5.74, 6) is -0.463. The number of nitrogens with zero attached hydrogens (tertiary/aromatic N) is 1. The summed E-state index contributed by atoms with van der Waals surface area (Å²) < 4.78 is 20.3. The van der Waals surface area contributed by atoms with Crippen LogP contribution in [0.25, 0.3) is 17.2 Å². The number of carbonyl (C=O) groups excluding carboxylic acids is 2. The normalized spacial score (nSPS) is 14.8. The Bertz CT molecular complexity index is 1340. The predicted molar refractivity (Wildman–Crippen MR) is 151 cm³/mol. The number of aryl methyl sites for hydroxylation is 1. The number of ether oxygens (including phenoxy) is 1. The molecule has 3 aromatic rings. The van der Waals surface area contributed by atoms with E-state index in [0.29, 0.717) is 41.2 Å². The average Bonchev–Trinajstić information content (AvgIpc) is 3.33. The lowest BCUT2D eigenvalue weighted by Gasteiger charge is -2.22. The van der Waals surface area contributed by atoms with Crippen LogP contribution in [0.15, 0.2) is 59.7 Å². The maximum absolute atomic E-state index is 15.0. The monoisotopic (exact) mass is 533 g/mol. The minimum absolute atomic E-state index is 0.0430. The van der Waals surface area contributed by atoms with E-state index in [4.69, 9.17) is 4.74 Å². The summed E-state index contributed by atoms with van der Waals surface area (Å²) in [5, 5.41) is 5.67. The van der Waals surface area contributed by atoms with E-state index in [1.807, 2.05) is 56.3 Å². The topological polar surface area (TPSA) is 79.8 Å². The molecule has 38 heavy (non-hydrogen) atoms. The Morgan fingerprint density at radius 1 is 1.18 bits per heavy atom. The van der Waals surface area contributed by atoms with Gasteiger partial charge in [0.1, 0.15) is 0 Å². The SMILES string of the molecule is C=N/C=C\c1cc(C(=O)NC(CC)c2cccc(-c3cc(C(=O)NC4CCOCC4)sc3F)c2)ccc1C. The molecule has 1 aliphatic heterocycles. The third kappa shape index (κ3) is 6.62. The number of carbonyl (C=O) groups is 2. The maximum Gasteiger partial charge on any atom is 0.261 e. The van der Waals surface area contributed by atoms with E-state index in [1.54, 1.807) is 18.3 Å². The van der Waals surface area contributed by atoms with Gasteiger partial charge in [0.2, 0.25) is 0 Å². The summed E-state index contributed by atoms with van der Waals surface area (Å²) >= 11 is 0.846. The largest absolute Gasteiger partial charge is 0.381 e. The molecule has 2 aromatic carbocycles. The van der Waals surface area contributed by atoms with Gasteiger partial charge in [-0.1, -0.05) is 31.2 Å². The van der Waals surface area contributed by atoms with Crippen molar-refractivity contribution in [2.45, 2.75) is 45.2 Å². The van der Waals surface area contributed by atoms with Crippen molar-refractivity contribution in [1.82, 2.24) is 10.6 Å². The van der Waals surface area contributed by atoms with E-state index in [1.165, 1.54) is 0 Å². The van der Waals surface area contributed by atoms with Crippen LogP contribution < -0.4 is 10.6 Å². The molecule has 8 heteroatoms. The number of hydrogen-bond acceptors (Lipinski definition) is 5. The second kappa shape index (κ2) is 12.8. The van der Waals surface area contributed by atoms with Gasteiger partial charge in [-0.25, -0.2) is 0 Å². The fraction of sp³-hybridized carbons (Fsp3) is 0.300. The van der Waals surface area contributed by atoms with Gasteiger partial charge in [0.15, 0.2) is 5.13 Å². The van der Waals surface area contributed by atoms with Crippen LogP contribution in [-0.4, -0.2) is 37.8 Å². The molecule has 2 N–H and O–H groups in total. The Morgan fingerprint density at radius 3 is 2.71 bits per heavy atom. The predicted octanol–water partition coefficient (Wildman–Crippen LogP) is 6.32. The van der Waals surface area contributed by atoms with Gasteiger partial charge in [-0.15, -0.1) is 11.3 Å². The molecule has 1 atom stereocenters. The number of thiophene rings is 1. The number of halogens is 1. The number of nitrogens with one attached hydrogen (secondary N) is 2. The highest BCUT2D eigenvalue weighted by molar-refractivity contribution is 7.12. The molecule has 6 nitrogen and oxygen atoms in total. The van der Waals surface area contributed by atoms with E-state index in [2.05, 4.69) is 22.3 Å². The van der Waals surface area contributed by atoms with Gasteiger partial charge < -0.3 is 15.4 Å². The van der Waals surface area contributed by atoms with Crippen LogP contribution >= 0.6 is 11.3 Å². The molecule has 0 radical (unpaired) electrons. The van der Waals surface area contributed by atoms with Gasteiger partial charge in [-0.05, 0) is 85.5 Å². The summed E-state index contributed by atoms with van der Waals surface area (Å²) in [6, 6.07) is 14.3. The van der Waals surface area contributed by atoms with Crippen molar-refractivity contribution in [1.29, 1.82) is 0 Å². The van der Waals surface area contributed by atoms with Crippen LogP contribution in [0.2, 0.25) is 0 Å². The summed E-state index contributed by atoms with van der Waals surface area (Å²) in [7, 11) is 0. The van der Waals surface area contributed by atoms with E-state index >= 15 is 0 Å². The molecule has 198 valence electrons. The van der Waals surface area contributed by atoms with Crippen molar-refractivity contribution in [3.63, 3.8) is 0 Å². The van der Waals surface area contributed by atoms with Crippen LogP contribution in [0.4, 0.5) is 4.39 Å². The van der Waals surface area contributed by atoms with Crippen molar-refractivity contribution < 1.29 is 18.7 Å².